The first-order valence-electron chi connectivity index (χ1n) is 10.4. The molecule has 0 aromatic heterocycles. The summed E-state index contributed by atoms with van der Waals surface area (Å²) < 4.78 is 0. The maximum absolute atomic E-state index is 13.2. The molecule has 168 valence electrons. The standard InChI is InChI=1S/C24H30Cl2N2O2S/c1-5-17(3)27-24(30)18(4)28(15-20-21(25)7-6-8-22(20)26)23(29)13-14-31-19-11-9-16(2)10-12-19/h6-12,17-18H,5,13-15H2,1-4H3,(H,27,30)/t17-,18+/m0/s1. The predicted octanol–water partition coefficient (Wildman–Crippen LogP) is 6.12. The summed E-state index contributed by atoms with van der Waals surface area (Å²) in [6.45, 7) is 7.92. The number of nitrogens with one attached hydrogen (secondary N) is 1. The van der Waals surface area contributed by atoms with E-state index in [0.29, 0.717) is 27.8 Å². The normalized spacial score (nSPS) is 12.8. The van der Waals surface area contributed by atoms with Gasteiger partial charge in [-0.05, 0) is 51.5 Å². The van der Waals surface area contributed by atoms with E-state index in [1.165, 1.54) is 5.56 Å². The molecule has 0 aliphatic rings. The smallest absolute Gasteiger partial charge is 0.242 e. The zero-order valence-electron chi connectivity index (χ0n) is 18.5. The van der Waals surface area contributed by atoms with Gasteiger partial charge in [0.15, 0.2) is 0 Å². The molecule has 0 radical (unpaired) electrons. The maximum Gasteiger partial charge on any atom is 0.242 e. The number of thioether (sulfide) groups is 1. The first-order chi connectivity index (χ1) is 14.7. The third-order valence-electron chi connectivity index (χ3n) is 5.16. The van der Waals surface area contributed by atoms with Crippen molar-refractivity contribution >= 4 is 46.8 Å². The molecule has 2 atom stereocenters. The minimum absolute atomic E-state index is 0.0351. The van der Waals surface area contributed by atoms with E-state index >= 15 is 0 Å². The summed E-state index contributed by atoms with van der Waals surface area (Å²) in [5.41, 5.74) is 1.85. The number of nitrogens with zero attached hydrogens (tertiary/aromatic N) is 1. The third-order valence-corrected chi connectivity index (χ3v) is 6.89. The molecule has 0 spiro atoms. The van der Waals surface area contributed by atoms with E-state index < -0.39 is 6.04 Å². The molecule has 1 N–H and O–H groups in total. The second-order valence-corrected chi connectivity index (χ2v) is 9.61. The Morgan fingerprint density at radius 3 is 2.26 bits per heavy atom. The van der Waals surface area contributed by atoms with E-state index in [0.717, 1.165) is 11.3 Å². The molecule has 0 aliphatic heterocycles. The van der Waals surface area contributed by atoms with Crippen molar-refractivity contribution in [3.8, 4) is 0 Å². The van der Waals surface area contributed by atoms with Crippen molar-refractivity contribution in [2.75, 3.05) is 5.75 Å². The van der Waals surface area contributed by atoms with Crippen LogP contribution in [0.25, 0.3) is 0 Å². The molecule has 31 heavy (non-hydrogen) atoms. The molecular formula is C24H30Cl2N2O2S. The molecule has 4 nitrogen and oxygen atoms in total. The van der Waals surface area contributed by atoms with E-state index in [1.807, 2.05) is 32.9 Å². The lowest BCUT2D eigenvalue weighted by Gasteiger charge is -2.30. The van der Waals surface area contributed by atoms with Gasteiger partial charge in [0.1, 0.15) is 6.04 Å². The highest BCUT2D eigenvalue weighted by atomic mass is 35.5. The van der Waals surface area contributed by atoms with Crippen LogP contribution in [-0.4, -0.2) is 34.6 Å². The van der Waals surface area contributed by atoms with Crippen LogP contribution in [0, 0.1) is 6.92 Å². The van der Waals surface area contributed by atoms with Crippen LogP contribution in [0.3, 0.4) is 0 Å². The second kappa shape index (κ2) is 12.4. The van der Waals surface area contributed by atoms with E-state index in [1.54, 1.807) is 41.8 Å². The molecule has 7 heteroatoms. The molecule has 0 unspecified atom stereocenters. The van der Waals surface area contributed by atoms with Gasteiger partial charge in [0, 0.05) is 45.3 Å². The van der Waals surface area contributed by atoms with Crippen molar-refractivity contribution in [1.29, 1.82) is 0 Å². The molecular weight excluding hydrogens is 451 g/mol. The van der Waals surface area contributed by atoms with Gasteiger partial charge < -0.3 is 10.2 Å². The van der Waals surface area contributed by atoms with Crippen LogP contribution in [0.1, 0.15) is 44.7 Å². The summed E-state index contributed by atoms with van der Waals surface area (Å²) in [7, 11) is 0. The van der Waals surface area contributed by atoms with Gasteiger partial charge in [-0.3, -0.25) is 9.59 Å². The van der Waals surface area contributed by atoms with E-state index in [9.17, 15) is 9.59 Å². The molecule has 2 aromatic rings. The quantitative estimate of drug-likeness (QED) is 0.416. The third kappa shape index (κ3) is 7.74. The molecule has 2 aromatic carbocycles. The fourth-order valence-corrected chi connectivity index (χ4v) is 4.29. The van der Waals surface area contributed by atoms with Gasteiger partial charge in [-0.15, -0.1) is 11.8 Å². The van der Waals surface area contributed by atoms with Gasteiger partial charge in [-0.2, -0.15) is 0 Å². The molecule has 0 heterocycles. The lowest BCUT2D eigenvalue weighted by molar-refractivity contribution is -0.140. The monoisotopic (exact) mass is 480 g/mol. The van der Waals surface area contributed by atoms with Crippen LogP contribution < -0.4 is 5.32 Å². The summed E-state index contributed by atoms with van der Waals surface area (Å²) in [6, 6.07) is 12.8. The zero-order valence-corrected chi connectivity index (χ0v) is 20.8. The molecule has 0 fully saturated rings. The Morgan fingerprint density at radius 1 is 1.06 bits per heavy atom. The van der Waals surface area contributed by atoms with Crippen molar-refractivity contribution in [2.45, 2.75) is 64.1 Å². The van der Waals surface area contributed by atoms with Crippen molar-refractivity contribution in [1.82, 2.24) is 10.2 Å². The predicted molar refractivity (Wildman–Crippen MR) is 131 cm³/mol. The molecule has 0 bridgehead atoms. The van der Waals surface area contributed by atoms with E-state index in [-0.39, 0.29) is 24.4 Å². The van der Waals surface area contributed by atoms with Crippen LogP contribution in [0.15, 0.2) is 47.4 Å². The van der Waals surface area contributed by atoms with Gasteiger partial charge in [0.25, 0.3) is 0 Å². The van der Waals surface area contributed by atoms with Crippen molar-refractivity contribution in [3.05, 3.63) is 63.6 Å². The highest BCUT2D eigenvalue weighted by Gasteiger charge is 2.27. The van der Waals surface area contributed by atoms with E-state index in [2.05, 4.69) is 17.4 Å². The summed E-state index contributed by atoms with van der Waals surface area (Å²) in [4.78, 5) is 28.6. The Morgan fingerprint density at radius 2 is 1.68 bits per heavy atom. The Hall–Kier alpha value is -1.69. The number of hydrogen-bond acceptors (Lipinski definition) is 3. The Kier molecular flexibility index (Phi) is 10.2. The minimum Gasteiger partial charge on any atom is -0.352 e. The summed E-state index contributed by atoms with van der Waals surface area (Å²) in [6.07, 6.45) is 1.12. The fraction of sp³-hybridized carbons (Fsp3) is 0.417. The molecule has 0 aliphatic carbocycles. The summed E-state index contributed by atoms with van der Waals surface area (Å²) >= 11 is 14.3. The average molecular weight is 481 g/mol. The van der Waals surface area contributed by atoms with Gasteiger partial charge in [-0.1, -0.05) is 53.9 Å². The number of amides is 2. The Labute approximate surface area is 199 Å². The second-order valence-electron chi connectivity index (χ2n) is 7.63. The van der Waals surface area contributed by atoms with Gasteiger partial charge in [0.05, 0.1) is 0 Å². The van der Waals surface area contributed by atoms with Crippen LogP contribution >= 0.6 is 35.0 Å². The van der Waals surface area contributed by atoms with E-state index in [4.69, 9.17) is 23.2 Å². The number of carbonyl (C=O) groups excluding carboxylic acids is 2. The maximum atomic E-state index is 13.2. The van der Waals surface area contributed by atoms with Crippen LogP contribution in [0.2, 0.25) is 10.0 Å². The van der Waals surface area contributed by atoms with Gasteiger partial charge in [-0.25, -0.2) is 0 Å². The molecule has 0 saturated heterocycles. The molecule has 2 rings (SSSR count). The van der Waals surface area contributed by atoms with Crippen LogP contribution in [-0.2, 0) is 16.1 Å². The largest absolute Gasteiger partial charge is 0.352 e. The zero-order chi connectivity index (χ0) is 23.0. The number of rotatable bonds is 10. The van der Waals surface area contributed by atoms with Crippen molar-refractivity contribution in [2.24, 2.45) is 0 Å². The lowest BCUT2D eigenvalue weighted by Crippen LogP contribution is -2.49. The topological polar surface area (TPSA) is 49.4 Å². The van der Waals surface area contributed by atoms with Crippen molar-refractivity contribution < 1.29 is 9.59 Å². The van der Waals surface area contributed by atoms with Crippen LogP contribution in [0.4, 0.5) is 0 Å². The minimum atomic E-state index is -0.641. The lowest BCUT2D eigenvalue weighted by atomic mass is 10.1. The summed E-state index contributed by atoms with van der Waals surface area (Å²) in [5, 5.41) is 3.92. The molecule has 0 saturated carbocycles. The Balaban J connectivity index is 2.14. The first kappa shape index (κ1) is 25.6. The van der Waals surface area contributed by atoms with Gasteiger partial charge in [0.2, 0.25) is 11.8 Å². The fourth-order valence-electron chi connectivity index (χ4n) is 2.94. The highest BCUT2D eigenvalue weighted by Crippen LogP contribution is 2.27. The number of halogens is 2. The van der Waals surface area contributed by atoms with Crippen LogP contribution in [0.5, 0.6) is 0 Å². The van der Waals surface area contributed by atoms with Crippen molar-refractivity contribution in [3.63, 3.8) is 0 Å². The SMILES string of the molecule is CC[C@H](C)NC(=O)[C@@H](C)N(Cc1c(Cl)cccc1Cl)C(=O)CCSc1ccc(C)cc1. The first-order valence-corrected chi connectivity index (χ1v) is 12.2. The summed E-state index contributed by atoms with van der Waals surface area (Å²) in [5.74, 6) is 0.327. The molecule has 2 amide bonds. The number of carbonyl (C=O) groups is 2. The number of hydrogen-bond donors (Lipinski definition) is 1. The van der Waals surface area contributed by atoms with Gasteiger partial charge >= 0.3 is 0 Å². The number of benzene rings is 2. The number of aryl methyl sites for hydroxylation is 1. The highest BCUT2D eigenvalue weighted by molar-refractivity contribution is 7.99. The average Bonchev–Trinajstić information content (AvgIpc) is 2.74. The Bertz CT molecular complexity index is 869.